The van der Waals surface area contributed by atoms with Crippen molar-refractivity contribution < 1.29 is 15.0 Å². The molecule has 0 aromatic rings. The Kier molecular flexibility index (Phi) is 3.50. The lowest BCUT2D eigenvalue weighted by Crippen LogP contribution is -2.44. The number of rotatable bonds is 2. The van der Waals surface area contributed by atoms with Gasteiger partial charge < -0.3 is 20.4 Å². The molecule has 1 aliphatic rings. The lowest BCUT2D eigenvalue weighted by atomic mass is 10.3. The number of carbonyl (C=O) groups is 1. The Bertz CT molecular complexity index is 186. The summed E-state index contributed by atoms with van der Waals surface area (Å²) in [4.78, 5) is 12.9. The summed E-state index contributed by atoms with van der Waals surface area (Å²) in [6.07, 6.45) is 0.246. The quantitative estimate of drug-likeness (QED) is 0.528. The first-order valence-corrected chi connectivity index (χ1v) is 4.48. The first kappa shape index (κ1) is 10.3. The first-order chi connectivity index (χ1) is 6.13. The normalized spacial score (nSPS) is 24.5. The molecular weight excluding hydrogens is 172 g/mol. The number of β-amino-alcohol motifs (C(OH)–C–C–N with tert-alkyl or cyclic N) is 1. The molecule has 2 atom stereocenters. The van der Waals surface area contributed by atoms with Crippen LogP contribution in [0.3, 0.4) is 0 Å². The molecule has 2 amide bonds. The summed E-state index contributed by atoms with van der Waals surface area (Å²) >= 11 is 0. The predicted molar refractivity (Wildman–Crippen MR) is 47.3 cm³/mol. The van der Waals surface area contributed by atoms with Gasteiger partial charge in [0.2, 0.25) is 0 Å². The lowest BCUT2D eigenvalue weighted by Gasteiger charge is -2.19. The molecule has 0 saturated carbocycles. The molecule has 0 spiro atoms. The van der Waals surface area contributed by atoms with Crippen molar-refractivity contribution in [1.29, 1.82) is 0 Å². The highest BCUT2D eigenvalue weighted by Gasteiger charge is 2.24. The number of carbonyl (C=O) groups excluding carboxylic acids is 1. The lowest BCUT2D eigenvalue weighted by molar-refractivity contribution is 0.167. The number of hydrogen-bond acceptors (Lipinski definition) is 3. The van der Waals surface area contributed by atoms with Gasteiger partial charge in [-0.05, 0) is 13.3 Å². The zero-order chi connectivity index (χ0) is 9.84. The van der Waals surface area contributed by atoms with E-state index in [-0.39, 0.29) is 18.7 Å². The number of urea groups is 1. The third-order valence-electron chi connectivity index (χ3n) is 2.09. The smallest absolute Gasteiger partial charge is 0.317 e. The standard InChI is InChI=1S/C8H16N2O3/c1-6(5-11)9-8(13)10-3-2-7(12)4-10/h6-7,11-12H,2-5H2,1H3,(H,9,13)/t6-,7?/m0/s1. The Balaban J connectivity index is 2.31. The van der Waals surface area contributed by atoms with Gasteiger partial charge in [0.05, 0.1) is 18.8 Å². The van der Waals surface area contributed by atoms with Crippen molar-refractivity contribution in [2.75, 3.05) is 19.7 Å². The van der Waals surface area contributed by atoms with Gasteiger partial charge in [-0.15, -0.1) is 0 Å². The summed E-state index contributed by atoms with van der Waals surface area (Å²) < 4.78 is 0. The van der Waals surface area contributed by atoms with Crippen molar-refractivity contribution in [2.45, 2.75) is 25.5 Å². The van der Waals surface area contributed by atoms with Crippen LogP contribution < -0.4 is 5.32 Å². The maximum Gasteiger partial charge on any atom is 0.317 e. The van der Waals surface area contributed by atoms with E-state index in [0.717, 1.165) is 0 Å². The molecule has 1 unspecified atom stereocenters. The number of aliphatic hydroxyl groups excluding tert-OH is 2. The molecule has 1 fully saturated rings. The van der Waals surface area contributed by atoms with Crippen LogP contribution in [0.2, 0.25) is 0 Å². The van der Waals surface area contributed by atoms with Crippen molar-refractivity contribution in [2.24, 2.45) is 0 Å². The van der Waals surface area contributed by atoms with Crippen LogP contribution in [0.1, 0.15) is 13.3 Å². The average molecular weight is 188 g/mol. The molecule has 0 aliphatic carbocycles. The maximum absolute atomic E-state index is 11.4. The largest absolute Gasteiger partial charge is 0.394 e. The summed E-state index contributed by atoms with van der Waals surface area (Å²) in [5.74, 6) is 0. The molecule has 0 aromatic heterocycles. The molecule has 3 N–H and O–H groups in total. The molecule has 1 heterocycles. The summed E-state index contributed by atoms with van der Waals surface area (Å²) in [5, 5.41) is 20.5. The van der Waals surface area contributed by atoms with Gasteiger partial charge in [-0.2, -0.15) is 0 Å². The zero-order valence-corrected chi connectivity index (χ0v) is 7.73. The molecule has 1 saturated heterocycles. The predicted octanol–water partition coefficient (Wildman–Crippen LogP) is -0.857. The number of hydrogen-bond donors (Lipinski definition) is 3. The Hall–Kier alpha value is -0.810. The highest BCUT2D eigenvalue weighted by Crippen LogP contribution is 2.08. The van der Waals surface area contributed by atoms with Gasteiger partial charge in [0, 0.05) is 13.1 Å². The fourth-order valence-corrected chi connectivity index (χ4v) is 1.27. The van der Waals surface area contributed by atoms with Crippen LogP contribution in [-0.4, -0.2) is 53.0 Å². The molecule has 1 rings (SSSR count). The van der Waals surface area contributed by atoms with Crippen LogP contribution in [0.15, 0.2) is 0 Å². The Morgan fingerprint density at radius 1 is 1.77 bits per heavy atom. The van der Waals surface area contributed by atoms with Crippen molar-refractivity contribution >= 4 is 6.03 Å². The van der Waals surface area contributed by atoms with E-state index in [9.17, 15) is 4.79 Å². The molecule has 1 aliphatic heterocycles. The third-order valence-corrected chi connectivity index (χ3v) is 2.09. The van der Waals surface area contributed by atoms with Gasteiger partial charge in [0.25, 0.3) is 0 Å². The van der Waals surface area contributed by atoms with Gasteiger partial charge in [-0.1, -0.05) is 0 Å². The Morgan fingerprint density at radius 3 is 2.92 bits per heavy atom. The van der Waals surface area contributed by atoms with Crippen LogP contribution in [0.5, 0.6) is 0 Å². The second-order valence-corrected chi connectivity index (χ2v) is 3.42. The minimum absolute atomic E-state index is 0.0673. The van der Waals surface area contributed by atoms with Crippen molar-refractivity contribution in [3.8, 4) is 0 Å². The molecule has 0 aromatic carbocycles. The van der Waals surface area contributed by atoms with Gasteiger partial charge in [0.1, 0.15) is 0 Å². The average Bonchev–Trinajstić information content (AvgIpc) is 2.51. The topological polar surface area (TPSA) is 72.8 Å². The van der Waals surface area contributed by atoms with E-state index in [2.05, 4.69) is 5.32 Å². The fraction of sp³-hybridized carbons (Fsp3) is 0.875. The summed E-state index contributed by atoms with van der Waals surface area (Å²) in [6, 6.07) is -0.441. The molecule has 13 heavy (non-hydrogen) atoms. The van der Waals surface area contributed by atoms with Crippen LogP contribution >= 0.6 is 0 Å². The maximum atomic E-state index is 11.4. The number of likely N-dealkylation sites (tertiary alicyclic amines) is 1. The fourth-order valence-electron chi connectivity index (χ4n) is 1.27. The minimum Gasteiger partial charge on any atom is -0.394 e. The summed E-state index contributed by atoms with van der Waals surface area (Å²) in [6.45, 7) is 2.64. The molecule has 0 radical (unpaired) electrons. The van der Waals surface area contributed by atoms with Gasteiger partial charge in [-0.3, -0.25) is 0 Å². The molecular formula is C8H16N2O3. The van der Waals surface area contributed by atoms with Crippen LogP contribution in [0.25, 0.3) is 0 Å². The number of nitrogens with zero attached hydrogens (tertiary/aromatic N) is 1. The molecule has 0 bridgehead atoms. The van der Waals surface area contributed by atoms with Crippen LogP contribution in [0, 0.1) is 0 Å². The second kappa shape index (κ2) is 4.43. The van der Waals surface area contributed by atoms with Crippen molar-refractivity contribution in [3.05, 3.63) is 0 Å². The van der Waals surface area contributed by atoms with E-state index in [1.807, 2.05) is 0 Å². The van der Waals surface area contributed by atoms with E-state index in [1.54, 1.807) is 11.8 Å². The van der Waals surface area contributed by atoms with E-state index >= 15 is 0 Å². The minimum atomic E-state index is -0.393. The Labute approximate surface area is 77.3 Å². The van der Waals surface area contributed by atoms with E-state index in [4.69, 9.17) is 10.2 Å². The van der Waals surface area contributed by atoms with Gasteiger partial charge in [0.15, 0.2) is 0 Å². The highest BCUT2D eigenvalue weighted by molar-refractivity contribution is 5.74. The monoisotopic (exact) mass is 188 g/mol. The van der Waals surface area contributed by atoms with Gasteiger partial charge >= 0.3 is 6.03 Å². The van der Waals surface area contributed by atoms with Gasteiger partial charge in [-0.25, -0.2) is 4.79 Å². The zero-order valence-electron chi connectivity index (χ0n) is 7.73. The van der Waals surface area contributed by atoms with E-state index < -0.39 is 6.10 Å². The summed E-state index contributed by atoms with van der Waals surface area (Å²) in [7, 11) is 0. The second-order valence-electron chi connectivity index (χ2n) is 3.42. The SMILES string of the molecule is C[C@@H](CO)NC(=O)N1CCC(O)C1. The number of nitrogens with one attached hydrogen (secondary N) is 1. The summed E-state index contributed by atoms with van der Waals surface area (Å²) in [5.41, 5.74) is 0. The first-order valence-electron chi connectivity index (χ1n) is 4.48. The molecule has 76 valence electrons. The van der Waals surface area contributed by atoms with E-state index in [0.29, 0.717) is 19.5 Å². The van der Waals surface area contributed by atoms with E-state index in [1.165, 1.54) is 0 Å². The Morgan fingerprint density at radius 2 is 2.46 bits per heavy atom. The van der Waals surface area contributed by atoms with Crippen molar-refractivity contribution in [3.63, 3.8) is 0 Å². The third kappa shape index (κ3) is 2.86. The van der Waals surface area contributed by atoms with Crippen LogP contribution in [-0.2, 0) is 0 Å². The molecule has 5 heteroatoms. The van der Waals surface area contributed by atoms with Crippen molar-refractivity contribution in [1.82, 2.24) is 10.2 Å². The van der Waals surface area contributed by atoms with Crippen LogP contribution in [0.4, 0.5) is 4.79 Å². The molecule has 5 nitrogen and oxygen atoms in total. The highest BCUT2D eigenvalue weighted by atomic mass is 16.3. The number of aliphatic hydroxyl groups is 2. The number of amides is 2.